The number of hydrogen-bond acceptors (Lipinski definition) is 5. The molecule has 0 aliphatic carbocycles. The van der Waals surface area contributed by atoms with Crippen LogP contribution in [0.25, 0.3) is 0 Å². The molecule has 29 heavy (non-hydrogen) atoms. The number of aryl methyl sites for hydroxylation is 1. The van der Waals surface area contributed by atoms with E-state index in [1.807, 2.05) is 0 Å². The summed E-state index contributed by atoms with van der Waals surface area (Å²) < 4.78 is 10.8. The van der Waals surface area contributed by atoms with Crippen molar-refractivity contribution in [3.05, 3.63) is 51.9 Å². The normalized spacial score (nSPS) is 11.0. The van der Waals surface area contributed by atoms with E-state index in [-0.39, 0.29) is 11.7 Å². The molecule has 2 aromatic rings. The Bertz CT molecular complexity index is 746. The summed E-state index contributed by atoms with van der Waals surface area (Å²) in [6.07, 6.45) is 11.8. The molecule has 4 nitrogen and oxygen atoms in total. The fourth-order valence-electron chi connectivity index (χ4n) is 3.10. The zero-order valence-corrected chi connectivity index (χ0v) is 18.8. The molecule has 0 amide bonds. The van der Waals surface area contributed by atoms with Crippen molar-refractivity contribution in [2.75, 3.05) is 12.4 Å². The van der Waals surface area contributed by atoms with Gasteiger partial charge in [0.1, 0.15) is 5.03 Å². The van der Waals surface area contributed by atoms with Crippen molar-refractivity contribution in [3.63, 3.8) is 0 Å². The number of hydrogen-bond donors (Lipinski definition) is 0. The Hall–Kier alpha value is -1.75. The van der Waals surface area contributed by atoms with Crippen LogP contribution in [0, 0.1) is 6.92 Å². The van der Waals surface area contributed by atoms with Crippen LogP contribution < -0.4 is 10.4 Å². The molecular weight excluding hydrogens is 382 g/mol. The van der Waals surface area contributed by atoms with Gasteiger partial charge in [-0.3, -0.25) is 0 Å². The Kier molecular flexibility index (Phi) is 11.6. The average Bonchev–Trinajstić information content (AvgIpc) is 2.73. The van der Waals surface area contributed by atoms with Gasteiger partial charge in [-0.2, -0.15) is 4.98 Å². The van der Waals surface area contributed by atoms with Crippen molar-refractivity contribution in [2.45, 2.75) is 83.1 Å². The summed E-state index contributed by atoms with van der Waals surface area (Å²) in [6.45, 7) is 4.54. The van der Waals surface area contributed by atoms with Crippen molar-refractivity contribution >= 4 is 11.8 Å². The maximum Gasteiger partial charge on any atom is 0.397 e. The number of unbranched alkanes of at least 4 members (excludes halogenated alkanes) is 7. The second kappa shape index (κ2) is 14.3. The number of benzene rings is 1. The largest absolute Gasteiger partial charge is 0.450 e. The van der Waals surface area contributed by atoms with Gasteiger partial charge in [-0.25, -0.2) is 4.79 Å². The SMILES string of the molecule is CCCCCCCCOc1nc(SCCCCCc2ccccc2)c(C)c(=O)o1. The van der Waals surface area contributed by atoms with Gasteiger partial charge in [0.25, 0.3) is 0 Å². The summed E-state index contributed by atoms with van der Waals surface area (Å²) in [7, 11) is 0. The van der Waals surface area contributed by atoms with Crippen LogP contribution >= 0.6 is 11.8 Å². The van der Waals surface area contributed by atoms with Crippen molar-refractivity contribution < 1.29 is 9.15 Å². The monoisotopic (exact) mass is 417 g/mol. The number of thioether (sulfide) groups is 1. The molecule has 1 aromatic carbocycles. The molecule has 0 saturated heterocycles. The first-order valence-corrected chi connectivity index (χ1v) is 12.0. The van der Waals surface area contributed by atoms with E-state index in [0.717, 1.165) is 36.5 Å². The highest BCUT2D eigenvalue weighted by Crippen LogP contribution is 2.22. The summed E-state index contributed by atoms with van der Waals surface area (Å²) in [5, 5.41) is 0.738. The van der Waals surface area contributed by atoms with Crippen molar-refractivity contribution in [1.82, 2.24) is 4.98 Å². The summed E-state index contributed by atoms with van der Waals surface area (Å²) in [4.78, 5) is 16.5. The van der Waals surface area contributed by atoms with Crippen LogP contribution in [-0.4, -0.2) is 17.3 Å². The van der Waals surface area contributed by atoms with E-state index < -0.39 is 0 Å². The molecule has 0 saturated carbocycles. The third-order valence-corrected chi connectivity index (χ3v) is 6.08. The molecule has 0 aliphatic rings. The van der Waals surface area contributed by atoms with Gasteiger partial charge in [-0.15, -0.1) is 11.8 Å². The molecule has 0 fully saturated rings. The molecule has 1 aromatic heterocycles. The minimum atomic E-state index is -0.343. The molecule has 5 heteroatoms. The fraction of sp³-hybridized carbons (Fsp3) is 0.583. The predicted octanol–water partition coefficient (Wildman–Crippen LogP) is 6.59. The second-order valence-electron chi connectivity index (χ2n) is 7.46. The van der Waals surface area contributed by atoms with E-state index in [4.69, 9.17) is 9.15 Å². The highest BCUT2D eigenvalue weighted by molar-refractivity contribution is 7.99. The van der Waals surface area contributed by atoms with Crippen LogP contribution in [0.4, 0.5) is 0 Å². The summed E-state index contributed by atoms with van der Waals surface area (Å²) in [6, 6.07) is 10.6. The lowest BCUT2D eigenvalue weighted by Crippen LogP contribution is -2.10. The number of nitrogens with zero attached hydrogens (tertiary/aromatic N) is 1. The predicted molar refractivity (Wildman–Crippen MR) is 121 cm³/mol. The fourth-order valence-corrected chi connectivity index (χ4v) is 4.08. The lowest BCUT2D eigenvalue weighted by molar-refractivity contribution is 0.204. The molecule has 0 aliphatic heterocycles. The topological polar surface area (TPSA) is 52.3 Å². The standard InChI is InChI=1S/C24H35NO3S/c1-3-4-5-6-7-13-18-27-24-25-22(20(2)23(26)28-24)29-19-14-9-12-17-21-15-10-8-11-16-21/h8,10-11,15-16H,3-7,9,12-14,17-19H2,1-2H3. The molecule has 160 valence electrons. The Morgan fingerprint density at radius 2 is 1.69 bits per heavy atom. The van der Waals surface area contributed by atoms with Gasteiger partial charge in [0.05, 0.1) is 12.2 Å². The van der Waals surface area contributed by atoms with Crippen LogP contribution in [0.3, 0.4) is 0 Å². The van der Waals surface area contributed by atoms with Gasteiger partial charge in [0.2, 0.25) is 0 Å². The zero-order chi connectivity index (χ0) is 20.7. The molecule has 0 radical (unpaired) electrons. The quantitative estimate of drug-likeness (QED) is 0.242. The molecule has 1 heterocycles. The third-order valence-electron chi connectivity index (χ3n) is 4.91. The van der Waals surface area contributed by atoms with Crippen molar-refractivity contribution in [3.8, 4) is 6.08 Å². The van der Waals surface area contributed by atoms with E-state index in [2.05, 4.69) is 42.2 Å². The first kappa shape index (κ1) is 23.5. The first-order chi connectivity index (χ1) is 14.2. The lowest BCUT2D eigenvalue weighted by Gasteiger charge is -2.07. The van der Waals surface area contributed by atoms with Crippen LogP contribution in [0.15, 0.2) is 44.6 Å². The van der Waals surface area contributed by atoms with E-state index in [0.29, 0.717) is 12.2 Å². The van der Waals surface area contributed by atoms with Gasteiger partial charge in [0.15, 0.2) is 0 Å². The van der Waals surface area contributed by atoms with Crippen molar-refractivity contribution in [2.24, 2.45) is 0 Å². The van der Waals surface area contributed by atoms with Crippen molar-refractivity contribution in [1.29, 1.82) is 0 Å². The van der Waals surface area contributed by atoms with Gasteiger partial charge < -0.3 is 9.15 Å². The average molecular weight is 418 g/mol. The number of aromatic nitrogens is 1. The van der Waals surface area contributed by atoms with E-state index >= 15 is 0 Å². The van der Waals surface area contributed by atoms with E-state index in [1.165, 1.54) is 44.1 Å². The van der Waals surface area contributed by atoms with E-state index in [9.17, 15) is 4.79 Å². The Balaban J connectivity index is 1.67. The third kappa shape index (κ3) is 9.53. The van der Waals surface area contributed by atoms with E-state index in [1.54, 1.807) is 18.7 Å². The number of rotatable bonds is 15. The summed E-state index contributed by atoms with van der Waals surface area (Å²) in [5.74, 6) is 0.947. The molecule has 0 atom stereocenters. The van der Waals surface area contributed by atoms with Crippen LogP contribution in [0.1, 0.15) is 75.8 Å². The molecule has 0 unspecified atom stereocenters. The van der Waals surface area contributed by atoms with Crippen LogP contribution in [0.2, 0.25) is 0 Å². The minimum absolute atomic E-state index is 0.112. The molecule has 0 spiro atoms. The minimum Gasteiger partial charge on any atom is -0.450 e. The molecule has 0 N–H and O–H groups in total. The highest BCUT2D eigenvalue weighted by Gasteiger charge is 2.11. The Labute approximate surface area is 179 Å². The summed E-state index contributed by atoms with van der Waals surface area (Å²) >= 11 is 1.62. The van der Waals surface area contributed by atoms with Gasteiger partial charge in [0, 0.05) is 0 Å². The first-order valence-electron chi connectivity index (χ1n) is 11.0. The zero-order valence-electron chi connectivity index (χ0n) is 18.0. The smallest absolute Gasteiger partial charge is 0.397 e. The Morgan fingerprint density at radius 1 is 0.966 bits per heavy atom. The highest BCUT2D eigenvalue weighted by atomic mass is 32.2. The lowest BCUT2D eigenvalue weighted by atomic mass is 10.1. The van der Waals surface area contributed by atoms with Crippen LogP contribution in [-0.2, 0) is 6.42 Å². The summed E-state index contributed by atoms with van der Waals surface area (Å²) in [5.41, 5.74) is 1.63. The van der Waals surface area contributed by atoms with Gasteiger partial charge in [-0.05, 0) is 43.9 Å². The molecule has 0 bridgehead atoms. The Morgan fingerprint density at radius 3 is 2.48 bits per heavy atom. The van der Waals surface area contributed by atoms with Crippen LogP contribution in [0.5, 0.6) is 6.08 Å². The maximum absolute atomic E-state index is 12.1. The van der Waals surface area contributed by atoms with Gasteiger partial charge in [-0.1, -0.05) is 75.8 Å². The molecule has 2 rings (SSSR count). The second-order valence-corrected chi connectivity index (χ2v) is 8.54. The molecular formula is C24H35NO3S. The number of ether oxygens (including phenoxy) is 1. The van der Waals surface area contributed by atoms with Gasteiger partial charge >= 0.3 is 11.7 Å². The maximum atomic E-state index is 12.1.